The minimum absolute atomic E-state index is 0.0479. The Morgan fingerprint density at radius 1 is 1.07 bits per heavy atom. The van der Waals surface area contributed by atoms with Gasteiger partial charge < -0.3 is 16.5 Å². The van der Waals surface area contributed by atoms with Crippen molar-refractivity contribution in [3.8, 4) is 0 Å². The maximum absolute atomic E-state index is 12.6. The molecule has 0 spiro atoms. The van der Waals surface area contributed by atoms with E-state index in [4.69, 9.17) is 11.5 Å². The third kappa shape index (κ3) is 4.15. The van der Waals surface area contributed by atoms with Crippen LogP contribution in [0.2, 0.25) is 0 Å². The fraction of sp³-hybridized carbons (Fsp3) is 0.158. The fourth-order valence-corrected chi connectivity index (χ4v) is 3.87. The van der Waals surface area contributed by atoms with Crippen molar-refractivity contribution in [3.63, 3.8) is 0 Å². The number of sulfonamides is 1. The second kappa shape index (κ2) is 7.73. The van der Waals surface area contributed by atoms with Crippen LogP contribution in [0.15, 0.2) is 69.8 Å². The first-order chi connectivity index (χ1) is 13.3. The number of hydrogen-bond donors (Lipinski definition) is 4. The minimum atomic E-state index is -3.68. The van der Waals surface area contributed by atoms with Crippen molar-refractivity contribution in [2.75, 3.05) is 4.72 Å². The van der Waals surface area contributed by atoms with E-state index in [0.717, 1.165) is 16.5 Å². The highest BCUT2D eigenvalue weighted by atomic mass is 32.2. The van der Waals surface area contributed by atoms with E-state index in [2.05, 4.69) is 19.9 Å². The Kier molecular flexibility index (Phi) is 5.36. The van der Waals surface area contributed by atoms with Crippen LogP contribution in [-0.4, -0.2) is 25.1 Å². The minimum Gasteiger partial charge on any atom is -0.369 e. The molecule has 0 atom stereocenters. The van der Waals surface area contributed by atoms with E-state index >= 15 is 0 Å². The van der Waals surface area contributed by atoms with E-state index < -0.39 is 10.0 Å². The van der Waals surface area contributed by atoms with Gasteiger partial charge in [-0.1, -0.05) is 32.0 Å². The zero-order valence-corrected chi connectivity index (χ0v) is 16.4. The Morgan fingerprint density at radius 3 is 2.43 bits per heavy atom. The predicted molar refractivity (Wildman–Crippen MR) is 113 cm³/mol. The van der Waals surface area contributed by atoms with E-state index in [0.29, 0.717) is 11.4 Å². The maximum Gasteiger partial charge on any atom is 0.261 e. The molecule has 146 valence electrons. The Balaban J connectivity index is 2.03. The lowest BCUT2D eigenvalue weighted by Gasteiger charge is -2.10. The molecular formula is C19H22N6O2S. The number of aromatic amines is 1. The van der Waals surface area contributed by atoms with E-state index in [1.165, 1.54) is 0 Å². The largest absolute Gasteiger partial charge is 0.369 e. The first-order valence-corrected chi connectivity index (χ1v) is 10.1. The highest BCUT2D eigenvalue weighted by Crippen LogP contribution is 2.26. The number of fused-ring (bicyclic) bond motifs is 1. The monoisotopic (exact) mass is 398 g/mol. The van der Waals surface area contributed by atoms with Gasteiger partial charge >= 0.3 is 0 Å². The van der Waals surface area contributed by atoms with E-state index in [-0.39, 0.29) is 16.8 Å². The summed E-state index contributed by atoms with van der Waals surface area (Å²) >= 11 is 0. The van der Waals surface area contributed by atoms with Crippen molar-refractivity contribution in [1.29, 1.82) is 0 Å². The summed E-state index contributed by atoms with van der Waals surface area (Å²) in [4.78, 5) is 3.36. The number of nitrogens with one attached hydrogen (secondary N) is 2. The zero-order valence-electron chi connectivity index (χ0n) is 15.5. The van der Waals surface area contributed by atoms with Gasteiger partial charge in [0, 0.05) is 28.4 Å². The number of hydrogen-bond acceptors (Lipinski definition) is 4. The maximum atomic E-state index is 12.6. The molecule has 0 amide bonds. The van der Waals surface area contributed by atoms with Crippen LogP contribution >= 0.6 is 0 Å². The van der Waals surface area contributed by atoms with Gasteiger partial charge in [0.2, 0.25) is 5.96 Å². The third-order valence-electron chi connectivity index (χ3n) is 4.08. The van der Waals surface area contributed by atoms with Gasteiger partial charge in [-0.2, -0.15) is 5.10 Å². The highest BCUT2D eigenvalue weighted by molar-refractivity contribution is 7.92. The van der Waals surface area contributed by atoms with Crippen molar-refractivity contribution in [2.45, 2.75) is 18.7 Å². The lowest BCUT2D eigenvalue weighted by molar-refractivity contribution is 0.601. The molecule has 6 N–H and O–H groups in total. The van der Waals surface area contributed by atoms with Crippen molar-refractivity contribution < 1.29 is 8.42 Å². The van der Waals surface area contributed by atoms with Gasteiger partial charge in [-0.15, -0.1) is 5.10 Å². The standard InChI is InChI=1S/C19H22N6O2S/c1-12(2)18(23-24-19(20)21)16-11-22-17-9-8-13(10-15(16)17)25-28(26,27)14-6-4-3-5-7-14/h3-12,22,25H,1-2H3,(H4,20,21,24)/b23-18-. The van der Waals surface area contributed by atoms with Crippen LogP contribution in [0.5, 0.6) is 0 Å². The summed E-state index contributed by atoms with van der Waals surface area (Å²) in [5.41, 5.74) is 13.6. The molecule has 3 rings (SSSR count). The number of benzene rings is 2. The number of aromatic nitrogens is 1. The van der Waals surface area contributed by atoms with Crippen LogP contribution < -0.4 is 16.2 Å². The molecule has 0 unspecified atom stereocenters. The zero-order chi connectivity index (χ0) is 20.3. The highest BCUT2D eigenvalue weighted by Gasteiger charge is 2.17. The lowest BCUT2D eigenvalue weighted by Crippen LogP contribution is -2.22. The summed E-state index contributed by atoms with van der Waals surface area (Å²) in [6.45, 7) is 3.95. The van der Waals surface area contributed by atoms with E-state index in [1.807, 2.05) is 13.8 Å². The molecule has 2 aromatic carbocycles. The molecule has 0 aliphatic rings. The summed E-state index contributed by atoms with van der Waals surface area (Å²) in [6.07, 6.45) is 1.81. The molecule has 3 aromatic rings. The van der Waals surface area contributed by atoms with E-state index in [1.54, 1.807) is 54.7 Å². The molecule has 0 saturated heterocycles. The number of guanidine groups is 1. The average Bonchev–Trinajstić information content (AvgIpc) is 3.05. The number of H-pyrrole nitrogens is 1. The SMILES string of the molecule is CC(C)/C(=N/N=C(N)N)c1c[nH]c2ccc(NS(=O)(=O)c3ccccc3)cc12. The van der Waals surface area contributed by atoms with Crippen molar-refractivity contribution in [1.82, 2.24) is 4.98 Å². The number of nitrogens with zero attached hydrogens (tertiary/aromatic N) is 2. The summed E-state index contributed by atoms with van der Waals surface area (Å²) in [6, 6.07) is 13.5. The molecule has 1 heterocycles. The lowest BCUT2D eigenvalue weighted by atomic mass is 9.99. The van der Waals surface area contributed by atoms with Gasteiger partial charge in [0.1, 0.15) is 0 Å². The first-order valence-electron chi connectivity index (χ1n) is 8.64. The Morgan fingerprint density at radius 2 is 1.79 bits per heavy atom. The van der Waals surface area contributed by atoms with Gasteiger partial charge in [-0.3, -0.25) is 4.72 Å². The smallest absolute Gasteiger partial charge is 0.261 e. The van der Waals surface area contributed by atoms with Crippen LogP contribution in [0.1, 0.15) is 19.4 Å². The van der Waals surface area contributed by atoms with Crippen molar-refractivity contribution in [3.05, 3.63) is 60.3 Å². The molecule has 9 heteroatoms. The molecule has 8 nitrogen and oxygen atoms in total. The first kappa shape index (κ1) is 19.4. The fourth-order valence-electron chi connectivity index (χ4n) is 2.80. The van der Waals surface area contributed by atoms with Crippen molar-refractivity contribution >= 4 is 38.3 Å². The second-order valence-corrected chi connectivity index (χ2v) is 8.23. The van der Waals surface area contributed by atoms with Crippen LogP contribution in [0.25, 0.3) is 10.9 Å². The van der Waals surface area contributed by atoms with E-state index in [9.17, 15) is 8.42 Å². The molecule has 0 radical (unpaired) electrons. The molecule has 28 heavy (non-hydrogen) atoms. The molecular weight excluding hydrogens is 376 g/mol. The Labute approximate surface area is 163 Å². The quantitative estimate of drug-likeness (QED) is 0.288. The molecule has 0 saturated carbocycles. The molecule has 1 aromatic heterocycles. The normalized spacial score (nSPS) is 12.3. The summed E-state index contributed by atoms with van der Waals surface area (Å²) < 4.78 is 27.8. The average molecular weight is 398 g/mol. The molecule has 0 fully saturated rings. The number of rotatable bonds is 6. The van der Waals surface area contributed by atoms with Crippen LogP contribution in [0, 0.1) is 5.92 Å². The Hall–Kier alpha value is -3.33. The van der Waals surface area contributed by atoms with Crippen LogP contribution in [0.3, 0.4) is 0 Å². The summed E-state index contributed by atoms with van der Waals surface area (Å²) in [5.74, 6) is -0.0823. The molecule has 0 aliphatic heterocycles. The predicted octanol–water partition coefficient (Wildman–Crippen LogP) is 2.60. The van der Waals surface area contributed by atoms with Crippen molar-refractivity contribution in [2.24, 2.45) is 27.6 Å². The topological polar surface area (TPSA) is 139 Å². The van der Waals surface area contributed by atoms with Gasteiger partial charge in [0.15, 0.2) is 0 Å². The van der Waals surface area contributed by atoms with Gasteiger partial charge in [0.25, 0.3) is 10.0 Å². The summed E-state index contributed by atoms with van der Waals surface area (Å²) in [5, 5.41) is 8.74. The molecule has 0 bridgehead atoms. The van der Waals surface area contributed by atoms with Gasteiger partial charge in [0.05, 0.1) is 10.6 Å². The second-order valence-electron chi connectivity index (χ2n) is 6.55. The Bertz CT molecular complexity index is 1140. The van der Waals surface area contributed by atoms with Crippen LogP contribution in [-0.2, 0) is 10.0 Å². The molecule has 0 aliphatic carbocycles. The van der Waals surface area contributed by atoms with Gasteiger partial charge in [-0.05, 0) is 36.2 Å². The summed E-state index contributed by atoms with van der Waals surface area (Å²) in [7, 11) is -3.68. The van der Waals surface area contributed by atoms with Crippen LogP contribution in [0.4, 0.5) is 5.69 Å². The number of anilines is 1. The third-order valence-corrected chi connectivity index (χ3v) is 5.48. The van der Waals surface area contributed by atoms with Gasteiger partial charge in [-0.25, -0.2) is 8.42 Å². The number of nitrogens with two attached hydrogens (primary N) is 2.